The normalized spacial score (nSPS) is 20.1. The van der Waals surface area contributed by atoms with Gasteiger partial charge in [-0.1, -0.05) is 59.1 Å². The summed E-state index contributed by atoms with van der Waals surface area (Å²) in [5, 5.41) is 10.8. The lowest BCUT2D eigenvalue weighted by Crippen LogP contribution is -2.54. The Morgan fingerprint density at radius 2 is 1.79 bits per heavy atom. The zero-order valence-electron chi connectivity index (χ0n) is 22.9. The molecule has 1 fully saturated rings. The molecule has 2 heterocycles. The first-order chi connectivity index (χ1) is 20.0. The molecule has 42 heavy (non-hydrogen) atoms. The number of nitrogens with one attached hydrogen (secondary N) is 1. The summed E-state index contributed by atoms with van der Waals surface area (Å²) in [6.07, 6.45) is 2.73. The van der Waals surface area contributed by atoms with Gasteiger partial charge in [0.05, 0.1) is 18.2 Å². The molecule has 0 radical (unpaired) electrons. The lowest BCUT2D eigenvalue weighted by atomic mass is 9.75. The van der Waals surface area contributed by atoms with E-state index in [-0.39, 0.29) is 23.8 Å². The fourth-order valence-corrected chi connectivity index (χ4v) is 7.23. The van der Waals surface area contributed by atoms with Crippen molar-refractivity contribution in [1.82, 2.24) is 14.6 Å². The Labute approximate surface area is 255 Å². The fraction of sp³-hybridized carbons (Fsp3) is 0.323. The van der Waals surface area contributed by atoms with Gasteiger partial charge in [-0.05, 0) is 73.2 Å². The average Bonchev–Trinajstić information content (AvgIpc) is 3.78. The minimum Gasteiger partial charge on any atom is -0.481 e. The number of halogens is 2. The number of aliphatic carboxylic acids is 1. The van der Waals surface area contributed by atoms with Crippen LogP contribution in [0.3, 0.4) is 0 Å². The van der Waals surface area contributed by atoms with Crippen LogP contribution in [0.15, 0.2) is 84.1 Å². The van der Waals surface area contributed by atoms with Crippen LogP contribution in [-0.4, -0.2) is 47.9 Å². The van der Waals surface area contributed by atoms with E-state index in [1.165, 1.54) is 6.20 Å². The van der Waals surface area contributed by atoms with E-state index in [4.69, 9.17) is 23.2 Å². The second kappa shape index (κ2) is 12.6. The molecule has 1 aliphatic carbocycles. The van der Waals surface area contributed by atoms with Crippen molar-refractivity contribution in [3.8, 4) is 0 Å². The number of hydrogen-bond donors (Lipinski definition) is 2. The van der Waals surface area contributed by atoms with Crippen LogP contribution >= 0.6 is 23.2 Å². The van der Waals surface area contributed by atoms with Gasteiger partial charge in [0.2, 0.25) is 10.0 Å². The molecule has 3 atom stereocenters. The lowest BCUT2D eigenvalue weighted by molar-refractivity contribution is -0.140. The number of nitrogens with zero attached hydrogens (tertiary/aromatic N) is 2. The Balaban J connectivity index is 1.60. The van der Waals surface area contributed by atoms with E-state index in [0.717, 1.165) is 24.0 Å². The van der Waals surface area contributed by atoms with Gasteiger partial charge in [0.1, 0.15) is 5.75 Å². The van der Waals surface area contributed by atoms with Gasteiger partial charge < -0.3 is 10.0 Å². The third kappa shape index (κ3) is 6.86. The molecular formula is C31H31Cl2N3O5S. The van der Waals surface area contributed by atoms with Gasteiger partial charge in [-0.25, -0.2) is 13.1 Å². The van der Waals surface area contributed by atoms with Gasteiger partial charge in [0.15, 0.2) is 0 Å². The topological polar surface area (TPSA) is 117 Å². The van der Waals surface area contributed by atoms with Crippen LogP contribution in [0.2, 0.25) is 10.0 Å². The molecule has 5 rings (SSSR count). The molecule has 2 N–H and O–H groups in total. The predicted octanol–water partition coefficient (Wildman–Crippen LogP) is 5.74. The number of benzene rings is 2. The van der Waals surface area contributed by atoms with Crippen molar-refractivity contribution in [2.75, 3.05) is 6.54 Å². The third-order valence-corrected chi connectivity index (χ3v) is 9.67. The summed E-state index contributed by atoms with van der Waals surface area (Å²) in [5.41, 5.74) is 2.87. The van der Waals surface area contributed by atoms with Crippen LogP contribution in [-0.2, 0) is 25.4 Å². The minimum atomic E-state index is -3.79. The highest BCUT2D eigenvalue weighted by Gasteiger charge is 2.48. The number of pyridine rings is 1. The van der Waals surface area contributed by atoms with Crippen LogP contribution in [0, 0.1) is 5.92 Å². The summed E-state index contributed by atoms with van der Waals surface area (Å²) in [5.74, 6) is -2.21. The largest absolute Gasteiger partial charge is 0.481 e. The smallest absolute Gasteiger partial charge is 0.308 e. The monoisotopic (exact) mass is 627 g/mol. The Morgan fingerprint density at radius 1 is 1.05 bits per heavy atom. The van der Waals surface area contributed by atoms with Crippen molar-refractivity contribution < 1.29 is 23.1 Å². The predicted molar refractivity (Wildman–Crippen MR) is 162 cm³/mol. The standard InChI is InChI=1S/C31H31Cl2N3O5S/c1-19-26(16-28(37)38)31(39)36(27(20-8-9-20)17-35-42(40,41)18-25-7-2-3-14-34-25)30(21-10-12-23(32)13-11-21)29(19)22-5-4-6-24(33)15-22/h2-7,10-15,20,27,29-30,35H,8-9,16-18H2,1H3,(H,37,38)/t27?,29-,30-/m1/s1. The number of sulfonamides is 1. The fourth-order valence-electron chi connectivity index (χ4n) is 5.82. The van der Waals surface area contributed by atoms with Crippen molar-refractivity contribution in [3.63, 3.8) is 0 Å². The van der Waals surface area contributed by atoms with Gasteiger partial charge >= 0.3 is 5.97 Å². The van der Waals surface area contributed by atoms with Crippen molar-refractivity contribution in [1.29, 1.82) is 0 Å². The highest BCUT2D eigenvalue weighted by Crippen LogP contribution is 2.50. The first-order valence-corrected chi connectivity index (χ1v) is 16.1. The lowest BCUT2D eigenvalue weighted by Gasteiger charge is -2.47. The van der Waals surface area contributed by atoms with Crippen LogP contribution in [0.5, 0.6) is 0 Å². The number of aromatic nitrogens is 1. The number of rotatable bonds is 11. The molecule has 2 aliphatic rings. The number of carbonyl (C=O) groups is 2. The third-order valence-electron chi connectivity index (χ3n) is 7.90. The van der Waals surface area contributed by atoms with Gasteiger partial charge in [-0.2, -0.15) is 0 Å². The Bertz CT molecular complexity index is 1610. The SMILES string of the molecule is CC1=C(CC(=O)O)C(=O)N(C(CNS(=O)(=O)Cc2ccccn2)C2CC2)[C@H](c2ccc(Cl)cc2)[C@H]1c1cccc(Cl)c1. The first kappa shape index (κ1) is 30.2. The molecule has 1 aromatic heterocycles. The van der Waals surface area contributed by atoms with E-state index < -0.39 is 46.3 Å². The molecule has 2 aromatic carbocycles. The zero-order chi connectivity index (χ0) is 30.0. The van der Waals surface area contributed by atoms with E-state index in [1.807, 2.05) is 30.3 Å². The molecule has 1 aliphatic heterocycles. The van der Waals surface area contributed by atoms with Gasteiger partial charge in [-0.15, -0.1) is 0 Å². The highest BCUT2D eigenvalue weighted by molar-refractivity contribution is 7.88. The number of carbonyl (C=O) groups excluding carboxylic acids is 1. The molecule has 0 bridgehead atoms. The summed E-state index contributed by atoms with van der Waals surface area (Å²) in [6.45, 7) is 1.78. The van der Waals surface area contributed by atoms with Crippen molar-refractivity contribution in [3.05, 3.63) is 111 Å². The molecule has 11 heteroatoms. The van der Waals surface area contributed by atoms with Crippen molar-refractivity contribution in [2.24, 2.45) is 5.92 Å². The molecule has 8 nitrogen and oxygen atoms in total. The quantitative estimate of drug-likeness (QED) is 0.280. The van der Waals surface area contributed by atoms with Crippen molar-refractivity contribution in [2.45, 2.75) is 49.9 Å². The Hall–Kier alpha value is -3.24. The zero-order valence-corrected chi connectivity index (χ0v) is 25.2. The minimum absolute atomic E-state index is 0.0165. The molecule has 0 saturated heterocycles. The molecular weight excluding hydrogens is 597 g/mol. The second-order valence-corrected chi connectivity index (χ2v) is 13.5. The Kier molecular flexibility index (Phi) is 9.03. The molecule has 0 spiro atoms. The maximum absolute atomic E-state index is 14.3. The van der Waals surface area contributed by atoms with Gasteiger partial charge in [0, 0.05) is 40.3 Å². The molecule has 3 aromatic rings. The van der Waals surface area contributed by atoms with E-state index in [9.17, 15) is 23.1 Å². The van der Waals surface area contributed by atoms with Crippen molar-refractivity contribution >= 4 is 45.1 Å². The number of amides is 1. The number of carboxylic acids is 1. The van der Waals surface area contributed by atoms with E-state index in [0.29, 0.717) is 21.3 Å². The summed E-state index contributed by atoms with van der Waals surface area (Å²) in [4.78, 5) is 32.1. The van der Waals surface area contributed by atoms with E-state index in [2.05, 4.69) is 9.71 Å². The molecule has 220 valence electrons. The summed E-state index contributed by atoms with van der Waals surface area (Å²) < 4.78 is 29.0. The average molecular weight is 629 g/mol. The summed E-state index contributed by atoms with van der Waals surface area (Å²) in [6, 6.07) is 18.5. The van der Waals surface area contributed by atoms with Crippen LogP contribution in [0.4, 0.5) is 0 Å². The van der Waals surface area contributed by atoms with Gasteiger partial charge in [0.25, 0.3) is 5.91 Å². The van der Waals surface area contributed by atoms with E-state index >= 15 is 0 Å². The van der Waals surface area contributed by atoms with E-state index in [1.54, 1.807) is 48.2 Å². The number of carboxylic acid groups (broad SMARTS) is 1. The second-order valence-electron chi connectivity index (χ2n) is 10.8. The Morgan fingerprint density at radius 3 is 2.40 bits per heavy atom. The maximum Gasteiger partial charge on any atom is 0.308 e. The van der Waals surface area contributed by atoms with Crippen LogP contribution in [0.25, 0.3) is 0 Å². The summed E-state index contributed by atoms with van der Waals surface area (Å²) in [7, 11) is -3.79. The number of hydrogen-bond acceptors (Lipinski definition) is 5. The molecule has 1 amide bonds. The maximum atomic E-state index is 14.3. The van der Waals surface area contributed by atoms with Gasteiger partial charge in [-0.3, -0.25) is 14.6 Å². The van der Waals surface area contributed by atoms with Crippen LogP contribution < -0.4 is 4.72 Å². The van der Waals surface area contributed by atoms with Crippen LogP contribution in [0.1, 0.15) is 55.0 Å². The highest BCUT2D eigenvalue weighted by atomic mass is 35.5. The molecule has 1 unspecified atom stereocenters. The summed E-state index contributed by atoms with van der Waals surface area (Å²) >= 11 is 12.6. The molecule has 1 saturated carbocycles. The first-order valence-electron chi connectivity index (χ1n) is 13.7.